The van der Waals surface area contributed by atoms with Crippen LogP contribution in [-0.4, -0.2) is 37.1 Å². The van der Waals surface area contributed by atoms with Crippen LogP contribution < -0.4 is 14.8 Å². The van der Waals surface area contributed by atoms with E-state index in [0.29, 0.717) is 17.1 Å². The van der Waals surface area contributed by atoms with Crippen LogP contribution in [0.15, 0.2) is 18.2 Å². The molecule has 0 radical (unpaired) electrons. The molecule has 0 bridgehead atoms. The van der Waals surface area contributed by atoms with Gasteiger partial charge in [-0.2, -0.15) is 0 Å². The molecule has 1 aromatic carbocycles. The van der Waals surface area contributed by atoms with Gasteiger partial charge in [0.1, 0.15) is 6.04 Å². The molecule has 0 saturated carbocycles. The van der Waals surface area contributed by atoms with Gasteiger partial charge in [-0.1, -0.05) is 6.07 Å². The van der Waals surface area contributed by atoms with Gasteiger partial charge in [0.15, 0.2) is 11.5 Å². The third-order valence-corrected chi connectivity index (χ3v) is 2.65. The van der Waals surface area contributed by atoms with Crippen molar-refractivity contribution in [3.8, 4) is 11.5 Å². The predicted molar refractivity (Wildman–Crippen MR) is 63.2 cm³/mol. The largest absolute Gasteiger partial charge is 0.480 e. The Morgan fingerprint density at radius 1 is 1.42 bits per heavy atom. The normalized spacial score (nSPS) is 13.7. The SMILES string of the molecule is COC(=O)N[C@H](Cc1ccc2c(c1)OCO2)C(=O)O. The van der Waals surface area contributed by atoms with Gasteiger partial charge in [-0.3, -0.25) is 0 Å². The Labute approximate surface area is 109 Å². The Hall–Kier alpha value is -2.44. The number of hydrogen-bond donors (Lipinski definition) is 2. The molecule has 7 nitrogen and oxygen atoms in total. The van der Waals surface area contributed by atoms with E-state index < -0.39 is 18.1 Å². The van der Waals surface area contributed by atoms with E-state index in [2.05, 4.69) is 10.1 Å². The van der Waals surface area contributed by atoms with E-state index in [9.17, 15) is 9.59 Å². The Morgan fingerprint density at radius 2 is 2.16 bits per heavy atom. The average molecular weight is 267 g/mol. The maximum atomic E-state index is 11.1. The van der Waals surface area contributed by atoms with Gasteiger partial charge in [0.25, 0.3) is 0 Å². The smallest absolute Gasteiger partial charge is 0.407 e. The standard InChI is InChI=1S/C12H13NO6/c1-17-12(16)13-8(11(14)15)4-7-2-3-9-10(5-7)19-6-18-9/h2-3,5,8H,4,6H2,1H3,(H,13,16)(H,14,15)/t8-/m1/s1. The molecule has 2 N–H and O–H groups in total. The molecule has 7 heteroatoms. The molecule has 0 aromatic heterocycles. The predicted octanol–water partition coefficient (Wildman–Crippen LogP) is 0.767. The van der Waals surface area contributed by atoms with Crippen LogP contribution in [0.25, 0.3) is 0 Å². The van der Waals surface area contributed by atoms with Crippen molar-refractivity contribution in [2.75, 3.05) is 13.9 Å². The first-order valence-electron chi connectivity index (χ1n) is 5.56. The van der Waals surface area contributed by atoms with Gasteiger partial charge in [0.05, 0.1) is 7.11 Å². The topological polar surface area (TPSA) is 94.1 Å². The van der Waals surface area contributed by atoms with Crippen LogP contribution in [0.3, 0.4) is 0 Å². The summed E-state index contributed by atoms with van der Waals surface area (Å²) < 4.78 is 14.7. The second-order valence-electron chi connectivity index (χ2n) is 3.92. The molecule has 0 unspecified atom stereocenters. The van der Waals surface area contributed by atoms with Crippen molar-refractivity contribution in [2.45, 2.75) is 12.5 Å². The maximum Gasteiger partial charge on any atom is 0.407 e. The summed E-state index contributed by atoms with van der Waals surface area (Å²) in [6.45, 7) is 0.154. The van der Waals surface area contributed by atoms with E-state index >= 15 is 0 Å². The lowest BCUT2D eigenvalue weighted by Gasteiger charge is -2.13. The number of hydrogen-bond acceptors (Lipinski definition) is 5. The fourth-order valence-corrected chi connectivity index (χ4v) is 1.70. The average Bonchev–Trinajstić information content (AvgIpc) is 2.85. The van der Waals surface area contributed by atoms with Gasteiger partial charge in [-0.15, -0.1) is 0 Å². The lowest BCUT2D eigenvalue weighted by molar-refractivity contribution is -0.139. The number of carboxylic acid groups (broad SMARTS) is 1. The number of carbonyl (C=O) groups is 2. The zero-order valence-corrected chi connectivity index (χ0v) is 10.2. The van der Waals surface area contributed by atoms with Crippen molar-refractivity contribution in [3.05, 3.63) is 23.8 Å². The minimum absolute atomic E-state index is 0.126. The zero-order valence-electron chi connectivity index (χ0n) is 10.2. The second kappa shape index (κ2) is 5.47. The molecule has 0 saturated heterocycles. The lowest BCUT2D eigenvalue weighted by Crippen LogP contribution is -2.42. The van der Waals surface area contributed by atoms with Crippen LogP contribution in [0.4, 0.5) is 4.79 Å². The first-order chi connectivity index (χ1) is 9.10. The van der Waals surface area contributed by atoms with Crippen LogP contribution in [0.2, 0.25) is 0 Å². The van der Waals surface area contributed by atoms with E-state index in [1.165, 1.54) is 7.11 Å². The minimum atomic E-state index is -1.14. The summed E-state index contributed by atoms with van der Waals surface area (Å²) in [5.41, 5.74) is 0.716. The van der Waals surface area contributed by atoms with E-state index in [-0.39, 0.29) is 13.2 Å². The van der Waals surface area contributed by atoms with Crippen molar-refractivity contribution in [2.24, 2.45) is 0 Å². The number of rotatable bonds is 4. The number of fused-ring (bicyclic) bond motifs is 1. The molecule has 0 spiro atoms. The lowest BCUT2D eigenvalue weighted by atomic mass is 10.1. The van der Waals surface area contributed by atoms with E-state index in [1.54, 1.807) is 18.2 Å². The molecule has 0 fully saturated rings. The van der Waals surface area contributed by atoms with Gasteiger partial charge < -0.3 is 24.6 Å². The third kappa shape index (κ3) is 3.06. The summed E-state index contributed by atoms with van der Waals surface area (Å²) in [4.78, 5) is 22.1. The number of amides is 1. The summed E-state index contributed by atoms with van der Waals surface area (Å²) in [7, 11) is 1.18. The van der Waals surface area contributed by atoms with Gasteiger partial charge in [0.2, 0.25) is 6.79 Å². The summed E-state index contributed by atoms with van der Waals surface area (Å²) in [5.74, 6) is 0.0549. The highest BCUT2D eigenvalue weighted by atomic mass is 16.7. The van der Waals surface area contributed by atoms with Crippen molar-refractivity contribution in [3.63, 3.8) is 0 Å². The number of alkyl carbamates (subject to hydrolysis) is 1. The maximum absolute atomic E-state index is 11.1. The molecule has 1 amide bonds. The fraction of sp³-hybridized carbons (Fsp3) is 0.333. The van der Waals surface area contributed by atoms with E-state index in [1.807, 2.05) is 0 Å². The molecule has 0 aliphatic carbocycles. The highest BCUT2D eigenvalue weighted by Gasteiger charge is 2.22. The molecule has 102 valence electrons. The van der Waals surface area contributed by atoms with E-state index in [4.69, 9.17) is 14.6 Å². The summed E-state index contributed by atoms with van der Waals surface area (Å²) in [6, 6.07) is 4.06. The summed E-state index contributed by atoms with van der Waals surface area (Å²) >= 11 is 0. The molecule has 1 aliphatic heterocycles. The highest BCUT2D eigenvalue weighted by Crippen LogP contribution is 2.32. The fourth-order valence-electron chi connectivity index (χ4n) is 1.70. The highest BCUT2D eigenvalue weighted by molar-refractivity contribution is 5.80. The Bertz CT molecular complexity index is 501. The van der Waals surface area contributed by atoms with Crippen molar-refractivity contribution >= 4 is 12.1 Å². The van der Waals surface area contributed by atoms with Gasteiger partial charge in [-0.05, 0) is 17.7 Å². The van der Waals surface area contributed by atoms with Crippen molar-refractivity contribution < 1.29 is 28.9 Å². The summed E-state index contributed by atoms with van der Waals surface area (Å²) in [5, 5.41) is 11.3. The first kappa shape index (κ1) is 13.0. The van der Waals surface area contributed by atoms with Gasteiger partial charge in [-0.25, -0.2) is 9.59 Å². The summed E-state index contributed by atoms with van der Waals surface area (Å²) in [6.07, 6.45) is -0.658. The number of aliphatic carboxylic acids is 1. The van der Waals surface area contributed by atoms with E-state index in [0.717, 1.165) is 0 Å². The molecule has 19 heavy (non-hydrogen) atoms. The van der Waals surface area contributed by atoms with Crippen LogP contribution in [0.5, 0.6) is 11.5 Å². The monoisotopic (exact) mass is 267 g/mol. The second-order valence-corrected chi connectivity index (χ2v) is 3.92. The number of ether oxygens (including phenoxy) is 3. The molecular weight excluding hydrogens is 254 g/mol. The van der Waals surface area contributed by atoms with Gasteiger partial charge >= 0.3 is 12.1 Å². The van der Waals surface area contributed by atoms with Gasteiger partial charge in [0, 0.05) is 6.42 Å². The van der Waals surface area contributed by atoms with Crippen LogP contribution >= 0.6 is 0 Å². The number of carbonyl (C=O) groups excluding carboxylic acids is 1. The molecule has 1 aliphatic rings. The first-order valence-corrected chi connectivity index (χ1v) is 5.56. The third-order valence-electron chi connectivity index (χ3n) is 2.65. The van der Waals surface area contributed by atoms with Crippen LogP contribution in [0.1, 0.15) is 5.56 Å². The quantitative estimate of drug-likeness (QED) is 0.836. The van der Waals surface area contributed by atoms with Crippen molar-refractivity contribution in [1.29, 1.82) is 0 Å². The molecule has 1 aromatic rings. The Kier molecular flexibility index (Phi) is 3.74. The minimum Gasteiger partial charge on any atom is -0.480 e. The molecule has 2 rings (SSSR count). The number of methoxy groups -OCH3 is 1. The number of carboxylic acids is 1. The molecule has 1 heterocycles. The Morgan fingerprint density at radius 3 is 2.84 bits per heavy atom. The van der Waals surface area contributed by atoms with Crippen LogP contribution in [-0.2, 0) is 16.0 Å². The zero-order chi connectivity index (χ0) is 13.8. The molecular formula is C12H13NO6. The Balaban J connectivity index is 2.08. The molecule has 1 atom stereocenters. The van der Waals surface area contributed by atoms with Crippen molar-refractivity contribution in [1.82, 2.24) is 5.32 Å². The number of nitrogens with one attached hydrogen (secondary N) is 1. The number of benzene rings is 1. The van der Waals surface area contributed by atoms with Crippen LogP contribution in [0, 0.1) is 0 Å².